The number of hydrogen-bond acceptors (Lipinski definition) is 10. The number of carbonyl (C=O) groups is 1. The lowest BCUT2D eigenvalue weighted by molar-refractivity contribution is -0.170. The Hall–Kier alpha value is -2.41. The van der Waals surface area contributed by atoms with Gasteiger partial charge in [-0.1, -0.05) is 6.07 Å². The summed E-state index contributed by atoms with van der Waals surface area (Å²) in [5.41, 5.74) is 0.962. The number of nitrogens with zero attached hydrogens (tertiary/aromatic N) is 1. The van der Waals surface area contributed by atoms with Gasteiger partial charge >= 0.3 is 0 Å². The van der Waals surface area contributed by atoms with Crippen LogP contribution >= 0.6 is 0 Å². The van der Waals surface area contributed by atoms with Crippen LogP contribution in [0.3, 0.4) is 0 Å². The zero-order valence-corrected chi connectivity index (χ0v) is 22.7. The Bertz CT molecular complexity index is 910. The SMILES string of the molecule is CCO[C@H]1OC(C(=O)N2CCOCCOCCOCCOCC2)=C[C@@H](c2ccc3c(c2)OCO3)[C@H]1CCCO. The largest absolute Gasteiger partial charge is 0.459 e. The molecule has 4 rings (SSSR count). The van der Waals surface area contributed by atoms with Crippen LogP contribution in [0, 0.1) is 5.92 Å². The molecule has 3 aliphatic rings. The number of carbonyl (C=O) groups excluding carboxylic acids is 1. The van der Waals surface area contributed by atoms with Gasteiger partial charge in [-0.3, -0.25) is 4.79 Å². The number of ether oxygens (including phenoxy) is 8. The van der Waals surface area contributed by atoms with Crippen LogP contribution in [0.5, 0.6) is 11.5 Å². The maximum atomic E-state index is 13.8. The normalized spacial score (nSPS) is 25.2. The van der Waals surface area contributed by atoms with Gasteiger partial charge in [-0.05, 0) is 43.5 Å². The molecule has 3 atom stereocenters. The van der Waals surface area contributed by atoms with E-state index in [0.29, 0.717) is 96.9 Å². The fraction of sp³-hybridized carbons (Fsp3) is 0.679. The Morgan fingerprint density at radius 2 is 1.59 bits per heavy atom. The van der Waals surface area contributed by atoms with Crippen molar-refractivity contribution in [3.8, 4) is 11.5 Å². The number of aliphatic hydroxyl groups excluding tert-OH is 1. The van der Waals surface area contributed by atoms with Gasteiger partial charge in [-0.25, -0.2) is 0 Å². The molecular weight excluding hydrogens is 510 g/mol. The van der Waals surface area contributed by atoms with E-state index in [4.69, 9.17) is 37.9 Å². The maximum absolute atomic E-state index is 13.8. The topological polar surface area (TPSA) is 114 Å². The van der Waals surface area contributed by atoms with Crippen molar-refractivity contribution in [2.75, 3.05) is 86.0 Å². The molecule has 11 heteroatoms. The summed E-state index contributed by atoms with van der Waals surface area (Å²) < 4.78 is 45.7. The molecule has 3 heterocycles. The maximum Gasteiger partial charge on any atom is 0.288 e. The minimum Gasteiger partial charge on any atom is -0.459 e. The number of hydrogen-bond donors (Lipinski definition) is 1. The third-order valence-electron chi connectivity index (χ3n) is 6.82. The van der Waals surface area contributed by atoms with Crippen molar-refractivity contribution >= 4 is 5.91 Å². The first-order valence-electron chi connectivity index (χ1n) is 13.8. The van der Waals surface area contributed by atoms with Gasteiger partial charge in [-0.2, -0.15) is 0 Å². The van der Waals surface area contributed by atoms with E-state index < -0.39 is 6.29 Å². The van der Waals surface area contributed by atoms with Gasteiger partial charge < -0.3 is 47.9 Å². The first kappa shape index (κ1) is 29.6. The molecule has 3 aliphatic heterocycles. The predicted molar refractivity (Wildman–Crippen MR) is 140 cm³/mol. The molecule has 0 aromatic heterocycles. The highest BCUT2D eigenvalue weighted by Gasteiger charge is 2.39. The van der Waals surface area contributed by atoms with Gasteiger partial charge in [0.15, 0.2) is 17.3 Å². The molecule has 1 aromatic rings. The second-order valence-corrected chi connectivity index (χ2v) is 9.38. The molecule has 0 bridgehead atoms. The van der Waals surface area contributed by atoms with Gasteiger partial charge in [0.1, 0.15) is 0 Å². The first-order valence-corrected chi connectivity index (χ1v) is 13.8. The van der Waals surface area contributed by atoms with Crippen molar-refractivity contribution in [2.45, 2.75) is 32.0 Å². The minimum atomic E-state index is -0.647. The fourth-order valence-corrected chi connectivity index (χ4v) is 4.84. The van der Waals surface area contributed by atoms with Crippen LogP contribution in [0.4, 0.5) is 0 Å². The van der Waals surface area contributed by atoms with E-state index in [-0.39, 0.29) is 36.9 Å². The summed E-state index contributed by atoms with van der Waals surface area (Å²) in [6, 6.07) is 5.81. The molecule has 0 unspecified atom stereocenters. The quantitative estimate of drug-likeness (QED) is 0.540. The van der Waals surface area contributed by atoms with E-state index in [1.165, 1.54) is 0 Å². The molecule has 0 saturated carbocycles. The number of fused-ring (bicyclic) bond motifs is 1. The van der Waals surface area contributed by atoms with Crippen molar-refractivity contribution in [3.05, 3.63) is 35.6 Å². The highest BCUT2D eigenvalue weighted by Crippen LogP contribution is 2.43. The zero-order chi connectivity index (χ0) is 27.3. The predicted octanol–water partition coefficient (Wildman–Crippen LogP) is 2.07. The smallest absolute Gasteiger partial charge is 0.288 e. The highest BCUT2D eigenvalue weighted by atomic mass is 16.7. The summed E-state index contributed by atoms with van der Waals surface area (Å²) in [5.74, 6) is 1.03. The molecule has 1 aromatic carbocycles. The Labute approximate surface area is 229 Å². The molecule has 1 amide bonds. The van der Waals surface area contributed by atoms with E-state index in [1.54, 1.807) is 4.90 Å². The molecule has 218 valence electrons. The van der Waals surface area contributed by atoms with Gasteiger partial charge in [0.2, 0.25) is 13.1 Å². The first-order chi connectivity index (χ1) is 19.2. The average Bonchev–Trinajstić information content (AvgIpc) is 3.42. The van der Waals surface area contributed by atoms with Crippen molar-refractivity contribution in [1.82, 2.24) is 4.90 Å². The van der Waals surface area contributed by atoms with Crippen molar-refractivity contribution in [2.24, 2.45) is 5.92 Å². The van der Waals surface area contributed by atoms with E-state index in [1.807, 2.05) is 31.2 Å². The molecule has 0 spiro atoms. The minimum absolute atomic E-state index is 0.0581. The van der Waals surface area contributed by atoms with Crippen LogP contribution in [0.25, 0.3) is 0 Å². The van der Waals surface area contributed by atoms with Crippen LogP contribution in [0.1, 0.15) is 31.2 Å². The molecule has 1 N–H and O–H groups in total. The second kappa shape index (κ2) is 16.0. The number of rotatable bonds is 7. The van der Waals surface area contributed by atoms with Gasteiger partial charge in [-0.15, -0.1) is 0 Å². The molecule has 1 fully saturated rings. The van der Waals surface area contributed by atoms with Crippen molar-refractivity contribution in [3.63, 3.8) is 0 Å². The fourth-order valence-electron chi connectivity index (χ4n) is 4.84. The summed E-state index contributed by atoms with van der Waals surface area (Å²) in [6.07, 6.45) is 2.47. The van der Waals surface area contributed by atoms with Gasteiger partial charge in [0.05, 0.1) is 52.9 Å². The number of amides is 1. The molecule has 1 saturated heterocycles. The number of aliphatic hydroxyl groups is 1. The Morgan fingerprint density at radius 1 is 0.949 bits per heavy atom. The average molecular weight is 552 g/mol. The summed E-state index contributed by atoms with van der Waals surface area (Å²) in [5, 5.41) is 9.55. The number of allylic oxidation sites excluding steroid dienone is 1. The Balaban J connectivity index is 1.55. The highest BCUT2D eigenvalue weighted by molar-refractivity contribution is 5.91. The van der Waals surface area contributed by atoms with Crippen molar-refractivity contribution in [1.29, 1.82) is 0 Å². The molecule has 0 aliphatic carbocycles. The third kappa shape index (κ3) is 8.54. The standard InChI is InChI=1S/C28H41NO10/c1-2-36-28-22(4-3-9-30)23(21-5-6-24-25(18-21)38-20-37-24)19-26(39-28)27(31)29-7-10-32-12-14-34-16-17-35-15-13-33-11-8-29/h5-6,18-19,22-23,28,30H,2-4,7-17,20H2,1H3/t22-,23+,28+/m1/s1. The van der Waals surface area contributed by atoms with E-state index >= 15 is 0 Å². The van der Waals surface area contributed by atoms with Crippen LogP contribution in [-0.2, 0) is 33.2 Å². The summed E-state index contributed by atoms with van der Waals surface area (Å²) in [4.78, 5) is 15.5. The monoisotopic (exact) mass is 551 g/mol. The summed E-state index contributed by atoms with van der Waals surface area (Å²) in [7, 11) is 0. The van der Waals surface area contributed by atoms with Gasteiger partial charge in [0.25, 0.3) is 5.91 Å². The van der Waals surface area contributed by atoms with Crippen LogP contribution in [0.15, 0.2) is 30.0 Å². The lowest BCUT2D eigenvalue weighted by Crippen LogP contribution is -2.42. The summed E-state index contributed by atoms with van der Waals surface area (Å²) >= 11 is 0. The Morgan fingerprint density at radius 3 is 2.23 bits per heavy atom. The molecule has 0 radical (unpaired) electrons. The zero-order valence-electron chi connectivity index (χ0n) is 22.7. The molecule has 39 heavy (non-hydrogen) atoms. The second-order valence-electron chi connectivity index (χ2n) is 9.38. The van der Waals surface area contributed by atoms with Crippen molar-refractivity contribution < 1.29 is 47.8 Å². The van der Waals surface area contributed by atoms with E-state index in [9.17, 15) is 9.90 Å². The van der Waals surface area contributed by atoms with Crippen LogP contribution in [-0.4, -0.2) is 108 Å². The number of benzene rings is 1. The Kier molecular flexibility index (Phi) is 12.1. The third-order valence-corrected chi connectivity index (χ3v) is 6.82. The van der Waals surface area contributed by atoms with E-state index in [0.717, 1.165) is 5.56 Å². The lowest BCUT2D eigenvalue weighted by Gasteiger charge is -2.38. The van der Waals surface area contributed by atoms with E-state index in [2.05, 4.69) is 0 Å². The lowest BCUT2D eigenvalue weighted by atomic mass is 9.80. The molecular formula is C28H41NO10. The van der Waals surface area contributed by atoms with Crippen LogP contribution < -0.4 is 9.47 Å². The van der Waals surface area contributed by atoms with Crippen LogP contribution in [0.2, 0.25) is 0 Å². The van der Waals surface area contributed by atoms with Gasteiger partial charge in [0, 0.05) is 38.1 Å². The molecule has 11 nitrogen and oxygen atoms in total. The summed E-state index contributed by atoms with van der Waals surface area (Å²) in [6.45, 7) is 6.83.